The number of nitrogens with one attached hydrogen (secondary N) is 2. The highest BCUT2D eigenvalue weighted by Gasteiger charge is 2.62. The molecule has 186 valence electrons. The second kappa shape index (κ2) is 7.09. The van der Waals surface area contributed by atoms with E-state index < -0.39 is 35.2 Å². The number of aromatic amines is 1. The lowest BCUT2D eigenvalue weighted by Crippen LogP contribution is -2.66. The van der Waals surface area contributed by atoms with Crippen molar-refractivity contribution in [2.45, 2.75) is 31.4 Å². The summed E-state index contributed by atoms with van der Waals surface area (Å²) in [5.41, 5.74) is 1.19. The van der Waals surface area contributed by atoms with Gasteiger partial charge >= 0.3 is 0 Å². The number of fused-ring (bicyclic) bond motifs is 2. The van der Waals surface area contributed by atoms with Crippen molar-refractivity contribution in [3.8, 4) is 11.3 Å². The summed E-state index contributed by atoms with van der Waals surface area (Å²) in [7, 11) is 0. The Labute approximate surface area is 205 Å². The zero-order valence-electron chi connectivity index (χ0n) is 18.5. The molecule has 3 fully saturated rings. The van der Waals surface area contributed by atoms with E-state index >= 15 is 4.39 Å². The van der Waals surface area contributed by atoms with Crippen LogP contribution in [0.2, 0.25) is 5.02 Å². The zero-order chi connectivity index (χ0) is 25.0. The van der Waals surface area contributed by atoms with Gasteiger partial charge in [-0.1, -0.05) is 11.6 Å². The smallest absolute Gasteiger partial charge is 0.249 e. The Kier molecular flexibility index (Phi) is 4.30. The molecule has 2 aliphatic carbocycles. The van der Waals surface area contributed by atoms with Gasteiger partial charge in [-0.15, -0.1) is 0 Å². The summed E-state index contributed by atoms with van der Waals surface area (Å²) in [5, 5.41) is 9.84. The number of nitrogens with zero attached hydrogens (tertiary/aromatic N) is 5. The number of H-pyrrole nitrogens is 1. The first-order chi connectivity index (χ1) is 17.1. The third-order valence-electron chi connectivity index (χ3n) is 7.30. The highest BCUT2D eigenvalue weighted by atomic mass is 35.5. The van der Waals surface area contributed by atoms with Crippen molar-refractivity contribution >= 4 is 45.6 Å². The van der Waals surface area contributed by atoms with E-state index in [0.717, 1.165) is 0 Å². The van der Waals surface area contributed by atoms with Crippen molar-refractivity contribution in [3.05, 3.63) is 35.6 Å². The monoisotopic (exact) mass is 519 g/mol. The molecule has 1 saturated heterocycles. The van der Waals surface area contributed by atoms with Gasteiger partial charge in [-0.25, -0.2) is 22.5 Å². The fourth-order valence-corrected chi connectivity index (χ4v) is 5.87. The maximum atomic E-state index is 15.6. The van der Waals surface area contributed by atoms with E-state index in [0.29, 0.717) is 40.9 Å². The van der Waals surface area contributed by atoms with E-state index in [9.17, 15) is 18.0 Å². The van der Waals surface area contributed by atoms with Crippen LogP contribution in [0.1, 0.15) is 19.3 Å². The molecule has 13 heteroatoms. The van der Waals surface area contributed by atoms with E-state index in [1.807, 2.05) is 0 Å². The summed E-state index contributed by atoms with van der Waals surface area (Å²) in [5.74, 6) is -4.18. The normalized spacial score (nSPS) is 23.6. The molecule has 1 aliphatic heterocycles. The molecule has 7 rings (SSSR count). The fourth-order valence-electron chi connectivity index (χ4n) is 5.58. The first kappa shape index (κ1) is 21.8. The van der Waals surface area contributed by atoms with E-state index in [1.165, 1.54) is 12.4 Å². The van der Waals surface area contributed by atoms with Crippen molar-refractivity contribution in [1.29, 1.82) is 0 Å². The van der Waals surface area contributed by atoms with E-state index in [1.54, 1.807) is 21.7 Å². The number of rotatable bonds is 4. The maximum absolute atomic E-state index is 15.6. The molecule has 3 aliphatic rings. The van der Waals surface area contributed by atoms with Crippen LogP contribution in [0.15, 0.2) is 24.8 Å². The lowest BCUT2D eigenvalue weighted by molar-refractivity contribution is -0.170. The van der Waals surface area contributed by atoms with Gasteiger partial charge in [0.05, 0.1) is 40.7 Å². The van der Waals surface area contributed by atoms with Crippen molar-refractivity contribution in [1.82, 2.24) is 24.6 Å². The first-order valence-corrected chi connectivity index (χ1v) is 11.8. The highest BCUT2D eigenvalue weighted by Crippen LogP contribution is 2.58. The number of alkyl halides is 3. The Balaban J connectivity index is 1.23. The summed E-state index contributed by atoms with van der Waals surface area (Å²) < 4.78 is 57.2. The molecule has 2 unspecified atom stereocenters. The lowest BCUT2D eigenvalue weighted by Gasteiger charge is -2.59. The molecule has 0 radical (unpaired) electrons. The number of aromatic nitrogens is 5. The number of anilines is 2. The minimum absolute atomic E-state index is 0.165. The van der Waals surface area contributed by atoms with Crippen LogP contribution in [0.4, 0.5) is 29.1 Å². The van der Waals surface area contributed by atoms with Gasteiger partial charge in [-0.05, 0) is 6.42 Å². The number of halogens is 5. The molecule has 4 heterocycles. The van der Waals surface area contributed by atoms with Gasteiger partial charge < -0.3 is 14.6 Å². The second-order valence-corrected chi connectivity index (χ2v) is 10.5. The summed E-state index contributed by atoms with van der Waals surface area (Å²) >= 11 is 6.52. The molecule has 4 aromatic rings. The van der Waals surface area contributed by atoms with Crippen LogP contribution in [0.3, 0.4) is 0 Å². The standard InChI is InChI=1S/C23H18ClF4N7O/c24-17-16(13-4-34-5-14(31-15(34)3-29-13)32-21(36)10-1-12(10)25)11-2-30-33-19(11)20(18(17)26)35-8-22(9-35)6-23(27,28)7-22/h2-5,10,12H,1,6-9H2,(H,30,33)(H,32,36). The van der Waals surface area contributed by atoms with Gasteiger partial charge in [0, 0.05) is 48.5 Å². The number of benzene rings is 1. The van der Waals surface area contributed by atoms with Crippen LogP contribution in [-0.2, 0) is 4.79 Å². The Morgan fingerprint density at radius 3 is 2.67 bits per heavy atom. The number of hydrogen-bond acceptors (Lipinski definition) is 5. The summed E-state index contributed by atoms with van der Waals surface area (Å²) in [6, 6.07) is 0. The molecular formula is C23H18ClF4N7O. The van der Waals surface area contributed by atoms with Crippen molar-refractivity contribution in [3.63, 3.8) is 0 Å². The van der Waals surface area contributed by atoms with Crippen LogP contribution >= 0.6 is 11.6 Å². The Hall–Kier alpha value is -3.41. The number of hydrogen-bond donors (Lipinski definition) is 2. The SMILES string of the molecule is O=C(Nc1cn2cc(-c3c(Cl)c(F)c(N4CC5(C4)CC(F)(F)C5)c4[nH]ncc34)ncc2n1)C1CC1F. The molecule has 3 aromatic heterocycles. The van der Waals surface area contributed by atoms with Crippen molar-refractivity contribution in [2.75, 3.05) is 23.3 Å². The molecule has 2 saturated carbocycles. The maximum Gasteiger partial charge on any atom is 0.249 e. The van der Waals surface area contributed by atoms with Gasteiger partial charge in [0.15, 0.2) is 17.3 Å². The number of imidazole rings is 1. The van der Waals surface area contributed by atoms with Crippen LogP contribution in [-0.4, -0.2) is 55.7 Å². The van der Waals surface area contributed by atoms with E-state index in [4.69, 9.17) is 11.6 Å². The number of carbonyl (C=O) groups excluding carboxylic acids is 1. The zero-order valence-corrected chi connectivity index (χ0v) is 19.3. The lowest BCUT2D eigenvalue weighted by atomic mass is 9.61. The van der Waals surface area contributed by atoms with Crippen molar-refractivity contribution in [2.24, 2.45) is 11.3 Å². The molecular weight excluding hydrogens is 502 g/mol. The predicted octanol–water partition coefficient (Wildman–Crippen LogP) is 4.60. The second-order valence-electron chi connectivity index (χ2n) is 10.1. The first-order valence-electron chi connectivity index (χ1n) is 11.4. The third-order valence-corrected chi connectivity index (χ3v) is 7.65. The quantitative estimate of drug-likeness (QED) is 0.385. The molecule has 2 atom stereocenters. The highest BCUT2D eigenvalue weighted by molar-refractivity contribution is 6.36. The molecule has 1 amide bonds. The van der Waals surface area contributed by atoms with Gasteiger partial charge in [-0.2, -0.15) is 5.10 Å². The largest absolute Gasteiger partial charge is 0.366 e. The molecule has 2 N–H and O–H groups in total. The predicted molar refractivity (Wildman–Crippen MR) is 124 cm³/mol. The Morgan fingerprint density at radius 1 is 1.22 bits per heavy atom. The van der Waals surface area contributed by atoms with E-state index in [2.05, 4.69) is 25.5 Å². The minimum Gasteiger partial charge on any atom is -0.366 e. The van der Waals surface area contributed by atoms with Gasteiger partial charge in [0.2, 0.25) is 11.8 Å². The topological polar surface area (TPSA) is 91.2 Å². The minimum atomic E-state index is -2.65. The van der Waals surface area contributed by atoms with Crippen LogP contribution in [0.5, 0.6) is 0 Å². The number of amides is 1. The molecule has 8 nitrogen and oxygen atoms in total. The van der Waals surface area contributed by atoms with Gasteiger partial charge in [0.1, 0.15) is 11.9 Å². The third kappa shape index (κ3) is 3.19. The van der Waals surface area contributed by atoms with Crippen LogP contribution in [0.25, 0.3) is 27.8 Å². The summed E-state index contributed by atoms with van der Waals surface area (Å²) in [4.78, 5) is 22.4. The van der Waals surface area contributed by atoms with Gasteiger partial charge in [-0.3, -0.25) is 14.9 Å². The molecule has 36 heavy (non-hydrogen) atoms. The summed E-state index contributed by atoms with van der Waals surface area (Å²) in [6.07, 6.45) is 4.80. The van der Waals surface area contributed by atoms with Crippen molar-refractivity contribution < 1.29 is 22.4 Å². The van der Waals surface area contributed by atoms with E-state index in [-0.39, 0.29) is 35.8 Å². The van der Waals surface area contributed by atoms with Crippen LogP contribution < -0.4 is 10.2 Å². The fraction of sp³-hybridized carbons (Fsp3) is 0.391. The molecule has 1 aromatic carbocycles. The van der Waals surface area contributed by atoms with Gasteiger partial charge in [0.25, 0.3) is 0 Å². The Bertz CT molecular complexity index is 1570. The van der Waals surface area contributed by atoms with Crippen LogP contribution in [0, 0.1) is 17.2 Å². The average Bonchev–Trinajstić information content (AvgIpc) is 3.15. The number of carbonyl (C=O) groups is 1. The summed E-state index contributed by atoms with van der Waals surface area (Å²) in [6.45, 7) is 0.641. The molecule has 1 spiro atoms. The molecule has 0 bridgehead atoms. The Morgan fingerprint density at radius 2 is 1.97 bits per heavy atom. The average molecular weight is 520 g/mol.